The van der Waals surface area contributed by atoms with Crippen LogP contribution < -0.4 is 5.32 Å². The van der Waals surface area contributed by atoms with Crippen LogP contribution in [0.3, 0.4) is 0 Å². The Bertz CT molecular complexity index is 514. The highest BCUT2D eigenvalue weighted by Gasteiger charge is 2.00. The largest absolute Gasteiger partial charge is 0.508 e. The third kappa shape index (κ3) is 2.66. The van der Waals surface area contributed by atoms with Crippen LogP contribution in [0.4, 0.5) is 5.69 Å². The van der Waals surface area contributed by atoms with E-state index in [2.05, 4.69) is 16.9 Å². The van der Waals surface area contributed by atoms with Crippen molar-refractivity contribution in [2.45, 2.75) is 6.54 Å². The summed E-state index contributed by atoms with van der Waals surface area (Å²) in [5, 5.41) is 12.5. The van der Waals surface area contributed by atoms with Crippen molar-refractivity contribution in [1.82, 2.24) is 9.55 Å². The normalized spacial score (nSPS) is 10.2. The molecule has 0 amide bonds. The van der Waals surface area contributed by atoms with Crippen molar-refractivity contribution in [3.8, 4) is 0 Å². The molecular weight excluding hydrogens is 214 g/mol. The minimum absolute atomic E-state index is 0.0839. The number of imidazole rings is 1. The van der Waals surface area contributed by atoms with Gasteiger partial charge >= 0.3 is 0 Å². The van der Waals surface area contributed by atoms with Crippen molar-refractivity contribution in [2.75, 3.05) is 5.32 Å². The first-order chi connectivity index (χ1) is 8.16. The summed E-state index contributed by atoms with van der Waals surface area (Å²) < 4.78 is 1.97. The van der Waals surface area contributed by atoms with E-state index in [-0.39, 0.29) is 5.76 Å². The quantitative estimate of drug-likeness (QED) is 0.792. The van der Waals surface area contributed by atoms with Gasteiger partial charge in [0.2, 0.25) is 0 Å². The van der Waals surface area contributed by atoms with E-state index in [1.165, 1.54) is 0 Å². The zero-order chi connectivity index (χ0) is 12.3. The number of aryl methyl sites for hydroxylation is 1. The Morgan fingerprint density at radius 3 is 2.65 bits per heavy atom. The van der Waals surface area contributed by atoms with Gasteiger partial charge in [-0.2, -0.15) is 0 Å². The second-order valence-electron chi connectivity index (χ2n) is 3.83. The molecule has 1 aromatic heterocycles. The first-order valence-corrected chi connectivity index (χ1v) is 5.35. The molecule has 0 aliphatic carbocycles. The predicted molar refractivity (Wildman–Crippen MR) is 68.6 cm³/mol. The predicted octanol–water partition coefficient (Wildman–Crippen LogP) is 2.56. The lowest BCUT2D eigenvalue weighted by Gasteiger charge is -2.07. The third-order valence-electron chi connectivity index (χ3n) is 2.59. The summed E-state index contributed by atoms with van der Waals surface area (Å²) in [6.45, 7) is 4.14. The van der Waals surface area contributed by atoms with Crippen molar-refractivity contribution in [2.24, 2.45) is 7.05 Å². The van der Waals surface area contributed by atoms with Gasteiger partial charge in [-0.15, -0.1) is 0 Å². The van der Waals surface area contributed by atoms with Crippen LogP contribution in [0.1, 0.15) is 11.4 Å². The van der Waals surface area contributed by atoms with Crippen LogP contribution >= 0.6 is 0 Å². The standard InChI is InChI=1S/C13H15N3O/c1-10(17)11-3-5-12(6-4-11)15-9-13-14-7-8-16(13)2/h3-8,15,17H,1,9H2,2H3. The lowest BCUT2D eigenvalue weighted by Crippen LogP contribution is -2.05. The molecule has 0 bridgehead atoms. The Kier molecular flexibility index (Phi) is 3.14. The SMILES string of the molecule is C=C(O)c1ccc(NCc2nccn2C)cc1. The fraction of sp³-hybridized carbons (Fsp3) is 0.154. The number of aliphatic hydroxyl groups is 1. The van der Waals surface area contributed by atoms with Crippen molar-refractivity contribution in [3.05, 3.63) is 54.6 Å². The van der Waals surface area contributed by atoms with Crippen molar-refractivity contribution >= 4 is 11.4 Å². The molecule has 0 fully saturated rings. The first-order valence-electron chi connectivity index (χ1n) is 5.35. The molecule has 0 aliphatic heterocycles. The molecule has 0 saturated carbocycles. The van der Waals surface area contributed by atoms with Gasteiger partial charge in [-0.3, -0.25) is 0 Å². The maximum atomic E-state index is 9.20. The Balaban J connectivity index is 2.00. The summed E-state index contributed by atoms with van der Waals surface area (Å²) in [7, 11) is 1.96. The number of nitrogens with one attached hydrogen (secondary N) is 1. The lowest BCUT2D eigenvalue weighted by atomic mass is 10.2. The molecule has 17 heavy (non-hydrogen) atoms. The van der Waals surface area contributed by atoms with Gasteiger partial charge in [0.05, 0.1) is 6.54 Å². The molecule has 0 aliphatic rings. The fourth-order valence-electron chi connectivity index (χ4n) is 1.53. The highest BCUT2D eigenvalue weighted by atomic mass is 16.3. The molecule has 2 N–H and O–H groups in total. The molecule has 0 spiro atoms. The molecule has 2 rings (SSSR count). The Morgan fingerprint density at radius 1 is 1.41 bits per heavy atom. The number of anilines is 1. The van der Waals surface area contributed by atoms with Gasteiger partial charge in [0, 0.05) is 30.7 Å². The van der Waals surface area contributed by atoms with E-state index >= 15 is 0 Å². The molecule has 4 nitrogen and oxygen atoms in total. The van der Waals surface area contributed by atoms with E-state index < -0.39 is 0 Å². The Morgan fingerprint density at radius 2 is 2.12 bits per heavy atom. The number of rotatable bonds is 4. The van der Waals surface area contributed by atoms with E-state index in [1.54, 1.807) is 6.20 Å². The molecule has 1 aromatic carbocycles. The first kappa shape index (κ1) is 11.3. The molecule has 2 aromatic rings. The second-order valence-corrected chi connectivity index (χ2v) is 3.83. The van der Waals surface area contributed by atoms with Crippen LogP contribution in [-0.4, -0.2) is 14.7 Å². The van der Waals surface area contributed by atoms with Crippen LogP contribution in [0.15, 0.2) is 43.2 Å². The molecular formula is C13H15N3O. The van der Waals surface area contributed by atoms with E-state index in [0.29, 0.717) is 6.54 Å². The van der Waals surface area contributed by atoms with Crippen LogP contribution in [0.25, 0.3) is 5.76 Å². The van der Waals surface area contributed by atoms with Gasteiger partial charge < -0.3 is 15.0 Å². The Labute approximate surface area is 100 Å². The fourth-order valence-corrected chi connectivity index (χ4v) is 1.53. The summed E-state index contributed by atoms with van der Waals surface area (Å²) in [5.74, 6) is 1.06. The van der Waals surface area contributed by atoms with Crippen LogP contribution in [0.2, 0.25) is 0 Å². The highest BCUT2D eigenvalue weighted by Crippen LogP contribution is 2.14. The average Bonchev–Trinajstić information content (AvgIpc) is 2.73. The molecule has 0 unspecified atom stereocenters. The maximum Gasteiger partial charge on any atom is 0.127 e. The number of benzene rings is 1. The summed E-state index contributed by atoms with van der Waals surface area (Å²) in [5.41, 5.74) is 1.71. The van der Waals surface area contributed by atoms with Crippen LogP contribution in [-0.2, 0) is 13.6 Å². The zero-order valence-electron chi connectivity index (χ0n) is 9.72. The number of nitrogens with zero attached hydrogens (tertiary/aromatic N) is 2. The minimum atomic E-state index is 0.0839. The highest BCUT2D eigenvalue weighted by molar-refractivity contribution is 5.59. The van der Waals surface area contributed by atoms with Gasteiger partial charge in [-0.25, -0.2) is 4.98 Å². The smallest absolute Gasteiger partial charge is 0.127 e. The van der Waals surface area contributed by atoms with Crippen molar-refractivity contribution < 1.29 is 5.11 Å². The summed E-state index contributed by atoms with van der Waals surface area (Å²) >= 11 is 0. The molecule has 4 heteroatoms. The number of aliphatic hydroxyl groups excluding tert-OH is 1. The number of hydrogen-bond donors (Lipinski definition) is 2. The minimum Gasteiger partial charge on any atom is -0.508 e. The van der Waals surface area contributed by atoms with Crippen LogP contribution in [0, 0.1) is 0 Å². The van der Waals surface area contributed by atoms with Gasteiger partial charge in [-0.1, -0.05) is 6.58 Å². The van der Waals surface area contributed by atoms with Crippen LogP contribution in [0.5, 0.6) is 0 Å². The van der Waals surface area contributed by atoms with Crippen molar-refractivity contribution in [3.63, 3.8) is 0 Å². The maximum absolute atomic E-state index is 9.20. The van der Waals surface area contributed by atoms with E-state index in [9.17, 15) is 5.11 Å². The summed E-state index contributed by atoms with van der Waals surface area (Å²) in [6.07, 6.45) is 3.69. The molecule has 0 radical (unpaired) electrons. The summed E-state index contributed by atoms with van der Waals surface area (Å²) in [4.78, 5) is 4.22. The van der Waals surface area contributed by atoms with Gasteiger partial charge in [0.25, 0.3) is 0 Å². The molecule has 0 saturated heterocycles. The zero-order valence-corrected chi connectivity index (χ0v) is 9.72. The average molecular weight is 229 g/mol. The Hall–Kier alpha value is -2.23. The molecule has 0 atom stereocenters. The lowest BCUT2D eigenvalue weighted by molar-refractivity contribution is 0.514. The van der Waals surface area contributed by atoms with Gasteiger partial charge in [0.15, 0.2) is 0 Å². The second kappa shape index (κ2) is 4.74. The van der Waals surface area contributed by atoms with Gasteiger partial charge in [-0.05, 0) is 24.3 Å². The van der Waals surface area contributed by atoms with Crippen molar-refractivity contribution in [1.29, 1.82) is 0 Å². The van der Waals surface area contributed by atoms with Gasteiger partial charge in [0.1, 0.15) is 11.6 Å². The van der Waals surface area contributed by atoms with E-state index in [0.717, 1.165) is 17.1 Å². The summed E-state index contributed by atoms with van der Waals surface area (Å²) in [6, 6.07) is 7.45. The number of aromatic nitrogens is 2. The topological polar surface area (TPSA) is 50.1 Å². The number of hydrogen-bond acceptors (Lipinski definition) is 3. The third-order valence-corrected chi connectivity index (χ3v) is 2.59. The molecule has 1 heterocycles. The van der Waals surface area contributed by atoms with E-state index in [1.807, 2.05) is 42.1 Å². The van der Waals surface area contributed by atoms with E-state index in [4.69, 9.17) is 0 Å². The monoisotopic (exact) mass is 229 g/mol. The molecule has 88 valence electrons.